The van der Waals surface area contributed by atoms with Crippen LogP contribution in [0.2, 0.25) is 0 Å². The zero-order chi connectivity index (χ0) is 9.68. The fraction of sp³-hybridized carbons (Fsp3) is 0.222. The van der Waals surface area contributed by atoms with Crippen LogP contribution in [0.25, 0.3) is 0 Å². The predicted octanol–water partition coefficient (Wildman–Crippen LogP) is 0.916. The molecule has 1 aromatic rings. The van der Waals surface area contributed by atoms with Gasteiger partial charge in [0, 0.05) is 18.0 Å². The second-order valence-electron chi connectivity index (χ2n) is 2.59. The van der Waals surface area contributed by atoms with E-state index in [0.29, 0.717) is 0 Å². The lowest BCUT2D eigenvalue weighted by Gasteiger charge is -2.08. The van der Waals surface area contributed by atoms with E-state index in [1.807, 2.05) is 12.1 Å². The number of carboxylic acids is 1. The zero-order valence-electron chi connectivity index (χ0n) is 7.32. The summed E-state index contributed by atoms with van der Waals surface area (Å²) in [5.41, 5.74) is 0.944. The molecule has 1 heterocycles. The highest BCUT2D eigenvalue weighted by atomic mass is 16.4. The number of rotatable bonds is 4. The molecule has 70 valence electrons. The normalized spacial score (nSPS) is 13.3. The average molecular weight is 180 g/mol. The number of aliphatic carboxylic acids is 1. The van der Waals surface area contributed by atoms with Crippen LogP contribution >= 0.6 is 0 Å². The number of likely N-dealkylation sites (N-methyl/N-ethyl adjacent to an activating group) is 1. The van der Waals surface area contributed by atoms with Crippen molar-refractivity contribution in [1.82, 2.24) is 10.3 Å². The molecule has 1 unspecified atom stereocenters. The fourth-order valence-electron chi connectivity index (χ4n) is 1.07. The number of carboxylic acid groups (broad SMARTS) is 1. The Hall–Kier alpha value is -1.55. The smallest absolute Gasteiger partial charge is 0.328 e. The van der Waals surface area contributed by atoms with Gasteiger partial charge in [-0.2, -0.15) is 0 Å². The Bertz CT molecular complexity index is 291. The lowest BCUT2D eigenvalue weighted by Crippen LogP contribution is -2.14. The standard InChI is InChI=1S/C9H12N2O2/c1-10-7(4-5-9(12)13)8-3-2-6-11-8/h2-7,10-11H,1H3,(H,12,13)/b5-4+. The zero-order valence-corrected chi connectivity index (χ0v) is 7.32. The van der Waals surface area contributed by atoms with Gasteiger partial charge in [-0.15, -0.1) is 0 Å². The number of nitrogens with one attached hydrogen (secondary N) is 2. The summed E-state index contributed by atoms with van der Waals surface area (Å²) in [6, 6.07) is 3.69. The molecule has 1 rings (SSSR count). The molecule has 13 heavy (non-hydrogen) atoms. The van der Waals surface area contributed by atoms with Crippen molar-refractivity contribution in [1.29, 1.82) is 0 Å². The van der Waals surface area contributed by atoms with Crippen LogP contribution < -0.4 is 5.32 Å². The second kappa shape index (κ2) is 4.47. The molecule has 0 saturated carbocycles. The van der Waals surface area contributed by atoms with E-state index in [-0.39, 0.29) is 6.04 Å². The van der Waals surface area contributed by atoms with Crippen molar-refractivity contribution >= 4 is 5.97 Å². The lowest BCUT2D eigenvalue weighted by atomic mass is 10.2. The summed E-state index contributed by atoms with van der Waals surface area (Å²) < 4.78 is 0. The Balaban J connectivity index is 2.69. The first-order valence-corrected chi connectivity index (χ1v) is 3.95. The molecule has 0 radical (unpaired) electrons. The number of hydrogen-bond acceptors (Lipinski definition) is 2. The summed E-state index contributed by atoms with van der Waals surface area (Å²) in [7, 11) is 1.78. The molecule has 4 nitrogen and oxygen atoms in total. The van der Waals surface area contributed by atoms with Crippen LogP contribution in [-0.4, -0.2) is 23.1 Å². The molecule has 1 atom stereocenters. The van der Waals surface area contributed by atoms with Gasteiger partial charge in [0.15, 0.2) is 0 Å². The lowest BCUT2D eigenvalue weighted by molar-refractivity contribution is -0.131. The molecular formula is C9H12N2O2. The molecule has 3 N–H and O–H groups in total. The van der Waals surface area contributed by atoms with Crippen molar-refractivity contribution in [3.05, 3.63) is 36.2 Å². The summed E-state index contributed by atoms with van der Waals surface area (Å²) in [6.07, 6.45) is 4.52. The van der Waals surface area contributed by atoms with Gasteiger partial charge in [-0.3, -0.25) is 0 Å². The van der Waals surface area contributed by atoms with Gasteiger partial charge >= 0.3 is 5.97 Å². The summed E-state index contributed by atoms with van der Waals surface area (Å²) in [5.74, 6) is -0.938. The summed E-state index contributed by atoms with van der Waals surface area (Å²) in [4.78, 5) is 13.3. The van der Waals surface area contributed by atoms with Gasteiger partial charge in [0.05, 0.1) is 6.04 Å². The molecule has 0 saturated heterocycles. The number of hydrogen-bond donors (Lipinski definition) is 3. The van der Waals surface area contributed by atoms with E-state index in [1.54, 1.807) is 19.3 Å². The topological polar surface area (TPSA) is 65.1 Å². The molecular weight excluding hydrogens is 168 g/mol. The maximum absolute atomic E-state index is 10.3. The van der Waals surface area contributed by atoms with Crippen molar-refractivity contribution in [3.63, 3.8) is 0 Å². The highest BCUT2D eigenvalue weighted by Gasteiger charge is 2.04. The molecule has 0 aliphatic carbocycles. The Kier molecular flexibility index (Phi) is 3.28. The molecule has 0 aliphatic rings. The van der Waals surface area contributed by atoms with Crippen LogP contribution in [0.1, 0.15) is 11.7 Å². The number of aromatic amines is 1. The van der Waals surface area contributed by atoms with Gasteiger partial charge in [-0.05, 0) is 19.2 Å². The molecule has 0 aliphatic heterocycles. The summed E-state index contributed by atoms with van der Waals surface area (Å²) in [5, 5.41) is 11.4. The van der Waals surface area contributed by atoms with Crippen LogP contribution in [0.15, 0.2) is 30.5 Å². The minimum absolute atomic E-state index is 0.0777. The summed E-state index contributed by atoms with van der Waals surface area (Å²) >= 11 is 0. The minimum atomic E-state index is -0.938. The molecule has 0 spiro atoms. The predicted molar refractivity (Wildman–Crippen MR) is 49.4 cm³/mol. The van der Waals surface area contributed by atoms with Crippen LogP contribution in [0, 0.1) is 0 Å². The van der Waals surface area contributed by atoms with Crippen molar-refractivity contribution in [2.45, 2.75) is 6.04 Å². The SMILES string of the molecule is CNC(/C=C/C(=O)O)c1ccc[nH]1. The van der Waals surface area contributed by atoms with E-state index in [4.69, 9.17) is 5.11 Å². The van der Waals surface area contributed by atoms with Gasteiger partial charge in [0.1, 0.15) is 0 Å². The largest absolute Gasteiger partial charge is 0.478 e. The molecule has 0 fully saturated rings. The molecule has 4 heteroatoms. The Labute approximate surface area is 76.3 Å². The fourth-order valence-corrected chi connectivity index (χ4v) is 1.07. The Morgan fingerprint density at radius 2 is 2.54 bits per heavy atom. The quantitative estimate of drug-likeness (QED) is 0.603. The highest BCUT2D eigenvalue weighted by Crippen LogP contribution is 2.10. The number of H-pyrrole nitrogens is 1. The van der Waals surface area contributed by atoms with E-state index >= 15 is 0 Å². The van der Waals surface area contributed by atoms with Gasteiger partial charge in [0.25, 0.3) is 0 Å². The Morgan fingerprint density at radius 1 is 1.77 bits per heavy atom. The average Bonchev–Trinajstić information content (AvgIpc) is 2.58. The third-order valence-electron chi connectivity index (χ3n) is 1.70. The van der Waals surface area contributed by atoms with Crippen molar-refractivity contribution in [3.8, 4) is 0 Å². The van der Waals surface area contributed by atoms with Crippen molar-refractivity contribution in [2.75, 3.05) is 7.05 Å². The van der Waals surface area contributed by atoms with Gasteiger partial charge in [0.2, 0.25) is 0 Å². The third-order valence-corrected chi connectivity index (χ3v) is 1.70. The number of carbonyl (C=O) groups is 1. The van der Waals surface area contributed by atoms with Crippen molar-refractivity contribution in [2.24, 2.45) is 0 Å². The van der Waals surface area contributed by atoms with Gasteiger partial charge in [-0.25, -0.2) is 4.79 Å². The van der Waals surface area contributed by atoms with Crippen molar-refractivity contribution < 1.29 is 9.90 Å². The molecule has 0 aromatic carbocycles. The highest BCUT2D eigenvalue weighted by molar-refractivity contribution is 5.79. The van der Waals surface area contributed by atoms with E-state index in [9.17, 15) is 4.79 Å². The van der Waals surface area contributed by atoms with Gasteiger partial charge in [-0.1, -0.05) is 6.08 Å². The third kappa shape index (κ3) is 2.76. The first kappa shape index (κ1) is 9.54. The van der Waals surface area contributed by atoms with Crippen LogP contribution in [0.3, 0.4) is 0 Å². The van der Waals surface area contributed by atoms with E-state index in [1.165, 1.54) is 0 Å². The van der Waals surface area contributed by atoms with Crippen LogP contribution in [0.5, 0.6) is 0 Å². The maximum Gasteiger partial charge on any atom is 0.328 e. The molecule has 0 amide bonds. The maximum atomic E-state index is 10.3. The number of aromatic nitrogens is 1. The van der Waals surface area contributed by atoms with Crippen LogP contribution in [0.4, 0.5) is 0 Å². The van der Waals surface area contributed by atoms with E-state index in [0.717, 1.165) is 11.8 Å². The molecule has 0 bridgehead atoms. The first-order valence-electron chi connectivity index (χ1n) is 3.95. The van der Waals surface area contributed by atoms with E-state index < -0.39 is 5.97 Å². The summed E-state index contributed by atoms with van der Waals surface area (Å²) in [6.45, 7) is 0. The van der Waals surface area contributed by atoms with Gasteiger partial charge < -0.3 is 15.4 Å². The second-order valence-corrected chi connectivity index (χ2v) is 2.59. The molecule has 1 aromatic heterocycles. The monoisotopic (exact) mass is 180 g/mol. The Morgan fingerprint density at radius 3 is 3.00 bits per heavy atom. The minimum Gasteiger partial charge on any atom is -0.478 e. The van der Waals surface area contributed by atoms with E-state index in [2.05, 4.69) is 10.3 Å². The first-order chi connectivity index (χ1) is 6.24. The van der Waals surface area contributed by atoms with Crippen LogP contribution in [-0.2, 0) is 4.79 Å².